The highest BCUT2D eigenvalue weighted by atomic mass is 16.5. The summed E-state index contributed by atoms with van der Waals surface area (Å²) in [6, 6.07) is 2.95. The molecule has 94 valence electrons. The van der Waals surface area contributed by atoms with E-state index in [1.807, 2.05) is 6.92 Å². The van der Waals surface area contributed by atoms with Crippen LogP contribution >= 0.6 is 0 Å². The van der Waals surface area contributed by atoms with Crippen molar-refractivity contribution < 1.29 is 9.53 Å². The quantitative estimate of drug-likeness (QED) is 0.767. The molecule has 0 N–H and O–H groups in total. The highest BCUT2D eigenvalue weighted by Gasteiger charge is 2.17. The molecule has 0 saturated heterocycles. The Morgan fingerprint density at radius 2 is 2.24 bits per heavy atom. The molecular weight excluding hydrogens is 220 g/mol. The molecule has 1 heterocycles. The van der Waals surface area contributed by atoms with E-state index in [4.69, 9.17) is 4.74 Å². The van der Waals surface area contributed by atoms with Gasteiger partial charge in [-0.15, -0.1) is 0 Å². The monoisotopic (exact) mass is 238 g/mol. The maximum atomic E-state index is 12.0. The van der Waals surface area contributed by atoms with Gasteiger partial charge in [0.25, 0.3) is 11.5 Å². The number of pyridine rings is 1. The number of aromatic nitrogens is 1. The van der Waals surface area contributed by atoms with Gasteiger partial charge < -0.3 is 14.2 Å². The van der Waals surface area contributed by atoms with E-state index in [0.29, 0.717) is 12.2 Å². The van der Waals surface area contributed by atoms with E-state index in [0.717, 1.165) is 0 Å². The smallest absolute Gasteiger partial charge is 0.254 e. The molecule has 0 aliphatic rings. The molecule has 0 spiro atoms. The van der Waals surface area contributed by atoms with Crippen LogP contribution < -0.4 is 5.56 Å². The molecule has 0 aromatic carbocycles. The number of aryl methyl sites for hydroxylation is 1. The van der Waals surface area contributed by atoms with Crippen molar-refractivity contribution in [3.05, 3.63) is 34.2 Å². The lowest BCUT2D eigenvalue weighted by molar-refractivity contribution is 0.0633. The van der Waals surface area contributed by atoms with Crippen molar-refractivity contribution >= 4 is 5.91 Å². The van der Waals surface area contributed by atoms with Gasteiger partial charge in [-0.05, 0) is 13.0 Å². The summed E-state index contributed by atoms with van der Waals surface area (Å²) in [7, 11) is 4.93. The molecule has 5 nitrogen and oxygen atoms in total. The first-order valence-electron chi connectivity index (χ1n) is 5.40. The number of methoxy groups -OCH3 is 1. The molecular formula is C12H18N2O3. The van der Waals surface area contributed by atoms with Crippen molar-refractivity contribution in [3.8, 4) is 0 Å². The largest absolute Gasteiger partial charge is 0.383 e. The predicted octanol–water partition coefficient (Wildman–Crippen LogP) is 0.492. The fraction of sp³-hybridized carbons (Fsp3) is 0.500. The van der Waals surface area contributed by atoms with E-state index < -0.39 is 0 Å². The third-order valence-electron chi connectivity index (χ3n) is 2.74. The number of carbonyl (C=O) groups is 1. The van der Waals surface area contributed by atoms with Crippen LogP contribution in [0.15, 0.2) is 23.1 Å². The maximum absolute atomic E-state index is 12.0. The summed E-state index contributed by atoms with van der Waals surface area (Å²) >= 11 is 0. The second-order valence-corrected chi connectivity index (χ2v) is 4.08. The third-order valence-corrected chi connectivity index (χ3v) is 2.74. The summed E-state index contributed by atoms with van der Waals surface area (Å²) in [5.41, 5.74) is 0.210. The molecule has 1 atom stereocenters. The van der Waals surface area contributed by atoms with Gasteiger partial charge in [-0.2, -0.15) is 0 Å². The molecule has 0 fully saturated rings. The summed E-state index contributed by atoms with van der Waals surface area (Å²) in [4.78, 5) is 25.0. The average molecular weight is 238 g/mol. The van der Waals surface area contributed by atoms with Crippen molar-refractivity contribution in [1.82, 2.24) is 9.47 Å². The van der Waals surface area contributed by atoms with Crippen LogP contribution in [0, 0.1) is 0 Å². The highest BCUT2D eigenvalue weighted by Crippen LogP contribution is 2.04. The second kappa shape index (κ2) is 5.63. The van der Waals surface area contributed by atoms with E-state index in [1.165, 1.54) is 10.6 Å². The maximum Gasteiger partial charge on any atom is 0.254 e. The number of hydrogen-bond donors (Lipinski definition) is 0. The lowest BCUT2D eigenvalue weighted by atomic mass is 10.2. The van der Waals surface area contributed by atoms with Crippen molar-refractivity contribution in [2.45, 2.75) is 13.0 Å². The molecule has 0 aliphatic carbocycles. The average Bonchev–Trinajstić information content (AvgIpc) is 2.31. The summed E-state index contributed by atoms with van der Waals surface area (Å²) in [6.45, 7) is 2.36. The summed E-state index contributed by atoms with van der Waals surface area (Å²) in [5, 5.41) is 0. The molecule has 1 amide bonds. The van der Waals surface area contributed by atoms with Gasteiger partial charge in [0.05, 0.1) is 12.6 Å². The Balaban J connectivity index is 2.89. The lowest BCUT2D eigenvalue weighted by Gasteiger charge is -2.24. The molecule has 17 heavy (non-hydrogen) atoms. The first-order valence-corrected chi connectivity index (χ1v) is 5.40. The number of carbonyl (C=O) groups excluding carboxylic acids is 1. The molecule has 0 saturated carbocycles. The van der Waals surface area contributed by atoms with E-state index in [2.05, 4.69) is 0 Å². The SMILES string of the molecule is COCC(C)N(C)C(=O)c1ccn(C)c(=O)c1. The van der Waals surface area contributed by atoms with Crippen molar-refractivity contribution in [3.63, 3.8) is 0 Å². The topological polar surface area (TPSA) is 51.5 Å². The Labute approximate surface area is 101 Å². The van der Waals surface area contributed by atoms with Crippen LogP contribution in [-0.2, 0) is 11.8 Å². The van der Waals surface area contributed by atoms with Gasteiger partial charge in [0, 0.05) is 39.0 Å². The molecule has 1 aromatic heterocycles. The molecule has 0 aliphatic heterocycles. The van der Waals surface area contributed by atoms with E-state index in [9.17, 15) is 9.59 Å². The zero-order valence-electron chi connectivity index (χ0n) is 10.6. The molecule has 1 rings (SSSR count). The number of rotatable bonds is 4. The first-order chi connectivity index (χ1) is 7.97. The van der Waals surface area contributed by atoms with Crippen LogP contribution in [0.2, 0.25) is 0 Å². The van der Waals surface area contributed by atoms with Gasteiger partial charge in [-0.3, -0.25) is 9.59 Å². The Hall–Kier alpha value is -1.62. The standard InChI is InChI=1S/C12H18N2O3/c1-9(8-17-4)14(3)12(16)10-5-6-13(2)11(15)7-10/h5-7,9H,8H2,1-4H3. The normalized spacial score (nSPS) is 12.2. The Morgan fingerprint density at radius 3 is 2.76 bits per heavy atom. The number of hydrogen-bond acceptors (Lipinski definition) is 3. The van der Waals surface area contributed by atoms with Gasteiger partial charge in [0.15, 0.2) is 0 Å². The summed E-state index contributed by atoms with van der Waals surface area (Å²) < 4.78 is 6.42. The van der Waals surface area contributed by atoms with Crippen LogP contribution in [0.3, 0.4) is 0 Å². The number of likely N-dealkylation sites (N-methyl/N-ethyl adjacent to an activating group) is 1. The van der Waals surface area contributed by atoms with Gasteiger partial charge >= 0.3 is 0 Å². The zero-order valence-corrected chi connectivity index (χ0v) is 10.6. The van der Waals surface area contributed by atoms with Crippen LogP contribution in [-0.4, -0.2) is 42.2 Å². The minimum Gasteiger partial charge on any atom is -0.383 e. The molecule has 1 aromatic rings. The van der Waals surface area contributed by atoms with Crippen molar-refractivity contribution in [2.75, 3.05) is 20.8 Å². The fourth-order valence-electron chi connectivity index (χ4n) is 1.44. The number of nitrogens with zero attached hydrogens (tertiary/aromatic N) is 2. The predicted molar refractivity (Wildman–Crippen MR) is 65.1 cm³/mol. The first kappa shape index (κ1) is 13.4. The molecule has 0 bridgehead atoms. The van der Waals surface area contributed by atoms with Gasteiger partial charge in [-0.25, -0.2) is 0 Å². The summed E-state index contributed by atoms with van der Waals surface area (Å²) in [6.07, 6.45) is 1.59. The van der Waals surface area contributed by atoms with Gasteiger partial charge in [0.2, 0.25) is 0 Å². The Kier molecular flexibility index (Phi) is 4.45. The Morgan fingerprint density at radius 1 is 1.59 bits per heavy atom. The van der Waals surface area contributed by atoms with Crippen LogP contribution in [0.5, 0.6) is 0 Å². The Bertz CT molecular complexity index is 453. The van der Waals surface area contributed by atoms with Gasteiger partial charge in [-0.1, -0.05) is 0 Å². The molecule has 1 unspecified atom stereocenters. The number of ether oxygens (including phenoxy) is 1. The van der Waals surface area contributed by atoms with E-state index in [1.54, 1.807) is 38.4 Å². The molecule has 0 radical (unpaired) electrons. The second-order valence-electron chi connectivity index (χ2n) is 4.08. The lowest BCUT2D eigenvalue weighted by Crippen LogP contribution is -2.38. The van der Waals surface area contributed by atoms with Crippen LogP contribution in [0.25, 0.3) is 0 Å². The summed E-state index contributed by atoms with van der Waals surface area (Å²) in [5.74, 6) is -0.174. The fourth-order valence-corrected chi connectivity index (χ4v) is 1.44. The minimum atomic E-state index is -0.191. The van der Waals surface area contributed by atoms with E-state index in [-0.39, 0.29) is 17.5 Å². The van der Waals surface area contributed by atoms with Crippen molar-refractivity contribution in [1.29, 1.82) is 0 Å². The number of amides is 1. The molecule has 5 heteroatoms. The van der Waals surface area contributed by atoms with Crippen LogP contribution in [0.4, 0.5) is 0 Å². The van der Waals surface area contributed by atoms with Gasteiger partial charge in [0.1, 0.15) is 0 Å². The van der Waals surface area contributed by atoms with Crippen LogP contribution in [0.1, 0.15) is 17.3 Å². The zero-order chi connectivity index (χ0) is 13.0. The minimum absolute atomic E-state index is 0.0310. The van der Waals surface area contributed by atoms with E-state index >= 15 is 0 Å². The highest BCUT2D eigenvalue weighted by molar-refractivity contribution is 5.94. The third kappa shape index (κ3) is 3.17. The van der Waals surface area contributed by atoms with Crippen molar-refractivity contribution in [2.24, 2.45) is 7.05 Å².